The molecule has 8 nitrogen and oxygen atoms in total. The van der Waals surface area contributed by atoms with E-state index in [1.165, 1.54) is 5.56 Å². The smallest absolute Gasteiger partial charge is 0.219 e. The minimum Gasteiger partial charge on any atom is -0.379 e. The summed E-state index contributed by atoms with van der Waals surface area (Å²) in [5.74, 6) is 1.17. The third kappa shape index (κ3) is 4.87. The molecule has 1 aliphatic heterocycles. The molecule has 1 aliphatic rings. The fraction of sp³-hybridized carbons (Fsp3) is 0.500. The Labute approximate surface area is 201 Å². The van der Waals surface area contributed by atoms with Crippen molar-refractivity contribution in [1.29, 1.82) is 0 Å². The highest BCUT2D eigenvalue weighted by atomic mass is 16.5. The van der Waals surface area contributed by atoms with Crippen LogP contribution in [0, 0.1) is 0 Å². The molecule has 0 spiro atoms. The lowest BCUT2D eigenvalue weighted by Gasteiger charge is -2.19. The van der Waals surface area contributed by atoms with E-state index < -0.39 is 0 Å². The van der Waals surface area contributed by atoms with Gasteiger partial charge in [0.1, 0.15) is 0 Å². The largest absolute Gasteiger partial charge is 0.379 e. The number of benzene rings is 1. The maximum Gasteiger partial charge on any atom is 0.219 e. The van der Waals surface area contributed by atoms with Gasteiger partial charge < -0.3 is 15.0 Å². The molecule has 4 rings (SSSR count). The predicted octanol–water partition coefficient (Wildman–Crippen LogP) is 4.65. The topological polar surface area (TPSA) is 77.2 Å². The molecule has 1 unspecified atom stereocenters. The molecule has 1 amide bonds. The Kier molecular flexibility index (Phi) is 7.07. The van der Waals surface area contributed by atoms with Crippen molar-refractivity contribution in [3.8, 4) is 11.1 Å². The average Bonchev–Trinajstić information content (AvgIpc) is 3.54. The molecule has 1 fully saturated rings. The van der Waals surface area contributed by atoms with Gasteiger partial charge in [0.15, 0.2) is 5.82 Å². The maximum atomic E-state index is 12.0. The first-order valence-electron chi connectivity index (χ1n) is 12.1. The molecule has 182 valence electrons. The van der Waals surface area contributed by atoms with E-state index in [0.29, 0.717) is 19.1 Å². The summed E-state index contributed by atoms with van der Waals surface area (Å²) in [6, 6.07) is 6.70. The minimum atomic E-state index is 0.0358. The summed E-state index contributed by atoms with van der Waals surface area (Å²) in [4.78, 5) is 13.8. The van der Waals surface area contributed by atoms with Gasteiger partial charge in [0.05, 0.1) is 25.4 Å². The third-order valence-corrected chi connectivity index (χ3v) is 6.60. The highest BCUT2D eigenvalue weighted by Crippen LogP contribution is 2.35. The molecule has 0 bridgehead atoms. The van der Waals surface area contributed by atoms with Gasteiger partial charge in [0.2, 0.25) is 5.91 Å². The lowest BCUT2D eigenvalue weighted by Crippen LogP contribution is -2.24. The van der Waals surface area contributed by atoms with Crippen LogP contribution in [0.15, 0.2) is 30.6 Å². The van der Waals surface area contributed by atoms with Crippen molar-refractivity contribution in [3.05, 3.63) is 47.4 Å². The van der Waals surface area contributed by atoms with Gasteiger partial charge in [-0.1, -0.05) is 26.8 Å². The minimum absolute atomic E-state index is 0.0358. The molecule has 8 heteroatoms. The number of nitrogens with one attached hydrogen (secondary N) is 1. The van der Waals surface area contributed by atoms with Crippen molar-refractivity contribution in [3.63, 3.8) is 0 Å². The summed E-state index contributed by atoms with van der Waals surface area (Å²) in [6.45, 7) is 10.1. The van der Waals surface area contributed by atoms with Gasteiger partial charge in [0.25, 0.3) is 0 Å². The zero-order valence-corrected chi connectivity index (χ0v) is 21.1. The Morgan fingerprint density at radius 3 is 2.71 bits per heavy atom. The first-order chi connectivity index (χ1) is 16.3. The van der Waals surface area contributed by atoms with Gasteiger partial charge in [-0.2, -0.15) is 10.2 Å². The summed E-state index contributed by atoms with van der Waals surface area (Å²) >= 11 is 0. The molecule has 0 saturated carbocycles. The fourth-order valence-electron chi connectivity index (χ4n) is 4.54. The number of aryl methyl sites for hydroxylation is 1. The number of amides is 1. The van der Waals surface area contributed by atoms with E-state index in [2.05, 4.69) is 54.1 Å². The van der Waals surface area contributed by atoms with Crippen molar-refractivity contribution >= 4 is 17.4 Å². The second kappa shape index (κ2) is 10.0. The Morgan fingerprint density at radius 2 is 2.12 bits per heavy atom. The molecule has 1 saturated heterocycles. The SMILES string of the molecule is CCc1c(CN(C)C(C)=O)c(Nc2ccc(-c3cnn(C)c3)cc2C(C)C)nn1C1CCOC1. The van der Waals surface area contributed by atoms with Crippen LogP contribution in [0.2, 0.25) is 0 Å². The molecule has 34 heavy (non-hydrogen) atoms. The van der Waals surface area contributed by atoms with Gasteiger partial charge in [-0.3, -0.25) is 14.2 Å². The zero-order chi connectivity index (χ0) is 24.4. The number of hydrogen-bond acceptors (Lipinski definition) is 5. The van der Waals surface area contributed by atoms with Crippen LogP contribution in [0.5, 0.6) is 0 Å². The number of nitrogens with zero attached hydrogens (tertiary/aromatic N) is 5. The number of hydrogen-bond donors (Lipinski definition) is 1. The summed E-state index contributed by atoms with van der Waals surface area (Å²) in [6.07, 6.45) is 5.71. The normalized spacial score (nSPS) is 15.8. The van der Waals surface area contributed by atoms with Crippen molar-refractivity contribution < 1.29 is 9.53 Å². The Bertz CT molecular complexity index is 1160. The molecule has 2 aromatic heterocycles. The average molecular weight is 465 g/mol. The second-order valence-corrected chi connectivity index (χ2v) is 9.45. The first-order valence-corrected chi connectivity index (χ1v) is 12.1. The predicted molar refractivity (Wildman–Crippen MR) is 134 cm³/mol. The van der Waals surface area contributed by atoms with E-state index in [1.54, 1.807) is 11.8 Å². The van der Waals surface area contributed by atoms with E-state index in [1.807, 2.05) is 31.2 Å². The van der Waals surface area contributed by atoms with Gasteiger partial charge in [-0.25, -0.2) is 0 Å². The monoisotopic (exact) mass is 464 g/mol. The standard InChI is InChI=1S/C26H36N6O2/c1-7-25-23(15-30(5)18(4)33)26(29-32(25)21-10-11-34-16-21)28-24-9-8-19(12-22(24)17(2)3)20-13-27-31(6)14-20/h8-9,12-14,17,21H,7,10-11,15-16H2,1-6H3,(H,28,29). The molecular weight excluding hydrogens is 428 g/mol. The summed E-state index contributed by atoms with van der Waals surface area (Å²) in [5.41, 5.74) is 6.70. The maximum absolute atomic E-state index is 12.0. The molecule has 1 atom stereocenters. The fourth-order valence-corrected chi connectivity index (χ4v) is 4.54. The van der Waals surface area contributed by atoms with Crippen LogP contribution in [-0.4, -0.2) is 50.6 Å². The van der Waals surface area contributed by atoms with Crippen molar-refractivity contribution in [2.24, 2.45) is 7.05 Å². The molecule has 0 aliphatic carbocycles. The number of aromatic nitrogens is 4. The second-order valence-electron chi connectivity index (χ2n) is 9.45. The van der Waals surface area contributed by atoms with Crippen LogP contribution in [0.4, 0.5) is 11.5 Å². The van der Waals surface area contributed by atoms with Crippen LogP contribution in [0.3, 0.4) is 0 Å². The summed E-state index contributed by atoms with van der Waals surface area (Å²) < 4.78 is 9.59. The number of anilines is 2. The van der Waals surface area contributed by atoms with E-state index >= 15 is 0 Å². The van der Waals surface area contributed by atoms with E-state index in [-0.39, 0.29) is 11.9 Å². The van der Waals surface area contributed by atoms with E-state index in [9.17, 15) is 4.79 Å². The summed E-state index contributed by atoms with van der Waals surface area (Å²) in [7, 11) is 3.77. The van der Waals surface area contributed by atoms with Crippen molar-refractivity contribution in [2.75, 3.05) is 25.6 Å². The number of carbonyl (C=O) groups is 1. The quantitative estimate of drug-likeness (QED) is 0.525. The highest BCUT2D eigenvalue weighted by molar-refractivity contribution is 5.74. The Hall–Kier alpha value is -3.13. The van der Waals surface area contributed by atoms with Gasteiger partial charge in [0, 0.05) is 56.3 Å². The lowest BCUT2D eigenvalue weighted by atomic mass is 9.96. The molecule has 3 heterocycles. The molecular formula is C26H36N6O2. The van der Waals surface area contributed by atoms with Crippen LogP contribution in [0.25, 0.3) is 11.1 Å². The highest BCUT2D eigenvalue weighted by Gasteiger charge is 2.26. The summed E-state index contributed by atoms with van der Waals surface area (Å²) in [5, 5.41) is 13.0. The third-order valence-electron chi connectivity index (χ3n) is 6.60. The van der Waals surface area contributed by atoms with Crippen LogP contribution >= 0.6 is 0 Å². The number of rotatable bonds is 8. The van der Waals surface area contributed by atoms with Crippen LogP contribution < -0.4 is 5.32 Å². The van der Waals surface area contributed by atoms with E-state index in [4.69, 9.17) is 9.84 Å². The first kappa shape index (κ1) is 24.0. The number of carbonyl (C=O) groups excluding carboxylic acids is 1. The zero-order valence-electron chi connectivity index (χ0n) is 21.1. The van der Waals surface area contributed by atoms with Crippen LogP contribution in [-0.2, 0) is 29.5 Å². The van der Waals surface area contributed by atoms with Gasteiger partial charge >= 0.3 is 0 Å². The van der Waals surface area contributed by atoms with Crippen LogP contribution in [0.1, 0.15) is 62.9 Å². The molecule has 1 aromatic carbocycles. The van der Waals surface area contributed by atoms with E-state index in [0.717, 1.165) is 53.3 Å². The molecule has 0 radical (unpaired) electrons. The molecule has 3 aromatic rings. The number of ether oxygens (including phenoxy) is 1. The van der Waals surface area contributed by atoms with Gasteiger partial charge in [-0.15, -0.1) is 0 Å². The molecule has 1 N–H and O–H groups in total. The van der Waals surface area contributed by atoms with Crippen molar-refractivity contribution in [2.45, 2.75) is 59.0 Å². The van der Waals surface area contributed by atoms with Gasteiger partial charge in [-0.05, 0) is 42.0 Å². The lowest BCUT2D eigenvalue weighted by molar-refractivity contribution is -0.128. The Balaban J connectivity index is 1.75. The Morgan fingerprint density at radius 1 is 1.32 bits per heavy atom. The van der Waals surface area contributed by atoms with Crippen molar-refractivity contribution in [1.82, 2.24) is 24.5 Å².